The van der Waals surface area contributed by atoms with Gasteiger partial charge in [0.05, 0.1) is 11.1 Å². The van der Waals surface area contributed by atoms with Crippen LogP contribution in [0, 0.1) is 0 Å². The first-order valence-corrected chi connectivity index (χ1v) is 9.08. The second kappa shape index (κ2) is 6.56. The molecular formula is C22H20O7. The lowest BCUT2D eigenvalue weighted by atomic mass is 9.94. The first-order chi connectivity index (χ1) is 13.7. The maximum absolute atomic E-state index is 13.2. The van der Waals surface area contributed by atoms with Crippen LogP contribution in [0.3, 0.4) is 0 Å². The molecule has 1 aromatic heterocycles. The summed E-state index contributed by atoms with van der Waals surface area (Å²) in [7, 11) is 0. The number of hydrogen-bond acceptors (Lipinski definition) is 7. The van der Waals surface area contributed by atoms with E-state index < -0.39 is 11.0 Å². The summed E-state index contributed by atoms with van der Waals surface area (Å²) < 4.78 is 11.7. The molecule has 29 heavy (non-hydrogen) atoms. The van der Waals surface area contributed by atoms with E-state index in [2.05, 4.69) is 0 Å². The minimum Gasteiger partial charge on any atom is -0.506 e. The zero-order valence-electron chi connectivity index (χ0n) is 15.9. The van der Waals surface area contributed by atoms with Crippen molar-refractivity contribution in [3.63, 3.8) is 0 Å². The summed E-state index contributed by atoms with van der Waals surface area (Å²) in [4.78, 5) is 13.2. The maximum Gasteiger partial charge on any atom is 0.204 e. The van der Waals surface area contributed by atoms with Crippen molar-refractivity contribution >= 4 is 17.0 Å². The Morgan fingerprint density at radius 3 is 2.55 bits per heavy atom. The van der Waals surface area contributed by atoms with Gasteiger partial charge in [-0.05, 0) is 43.7 Å². The van der Waals surface area contributed by atoms with Crippen LogP contribution in [0.4, 0.5) is 0 Å². The molecule has 0 atom stereocenters. The quantitative estimate of drug-likeness (QED) is 0.501. The number of phenols is 3. The van der Waals surface area contributed by atoms with E-state index in [4.69, 9.17) is 9.15 Å². The van der Waals surface area contributed by atoms with Gasteiger partial charge in [-0.1, -0.05) is 6.07 Å². The summed E-state index contributed by atoms with van der Waals surface area (Å²) in [6.07, 6.45) is 4.86. The smallest absolute Gasteiger partial charge is 0.204 e. The fourth-order valence-corrected chi connectivity index (χ4v) is 3.49. The van der Waals surface area contributed by atoms with Crippen LogP contribution in [-0.2, 0) is 6.42 Å². The first-order valence-electron chi connectivity index (χ1n) is 9.08. The van der Waals surface area contributed by atoms with E-state index >= 15 is 0 Å². The van der Waals surface area contributed by atoms with E-state index in [-0.39, 0.29) is 46.8 Å². The number of fused-ring (bicyclic) bond motifs is 2. The molecule has 7 nitrogen and oxygen atoms in total. The molecule has 1 aliphatic heterocycles. The lowest BCUT2D eigenvalue weighted by Crippen LogP contribution is -2.28. The van der Waals surface area contributed by atoms with Crippen LogP contribution in [0.1, 0.15) is 25.0 Å². The van der Waals surface area contributed by atoms with Crippen LogP contribution in [0.25, 0.3) is 28.2 Å². The van der Waals surface area contributed by atoms with Gasteiger partial charge in [-0.3, -0.25) is 4.79 Å². The molecular weight excluding hydrogens is 376 g/mol. The van der Waals surface area contributed by atoms with Crippen LogP contribution >= 0.6 is 0 Å². The number of aliphatic hydroxyl groups is 1. The van der Waals surface area contributed by atoms with Crippen molar-refractivity contribution < 1.29 is 29.6 Å². The van der Waals surface area contributed by atoms with Gasteiger partial charge in [-0.2, -0.15) is 0 Å². The van der Waals surface area contributed by atoms with Gasteiger partial charge < -0.3 is 29.6 Å². The Hall–Kier alpha value is -3.45. The largest absolute Gasteiger partial charge is 0.506 e. The predicted molar refractivity (Wildman–Crippen MR) is 107 cm³/mol. The summed E-state index contributed by atoms with van der Waals surface area (Å²) in [6.45, 7) is 3.51. The molecule has 0 aliphatic carbocycles. The Labute approximate surface area is 165 Å². The molecule has 0 unspecified atom stereocenters. The van der Waals surface area contributed by atoms with Crippen LogP contribution in [0.2, 0.25) is 0 Å². The molecule has 1 aliphatic rings. The van der Waals surface area contributed by atoms with E-state index in [0.717, 1.165) is 0 Å². The van der Waals surface area contributed by atoms with Crippen LogP contribution in [0.5, 0.6) is 23.0 Å². The average molecular weight is 396 g/mol. The molecule has 2 aromatic carbocycles. The van der Waals surface area contributed by atoms with Gasteiger partial charge in [0.2, 0.25) is 5.43 Å². The molecule has 0 fully saturated rings. The van der Waals surface area contributed by atoms with E-state index in [0.29, 0.717) is 22.4 Å². The second-order valence-electron chi connectivity index (χ2n) is 7.47. The first kappa shape index (κ1) is 18.9. The molecule has 0 amide bonds. The topological polar surface area (TPSA) is 120 Å². The normalized spacial score (nSPS) is 14.6. The van der Waals surface area contributed by atoms with Crippen LogP contribution in [-0.4, -0.2) is 32.6 Å². The molecule has 7 heteroatoms. The van der Waals surface area contributed by atoms with Gasteiger partial charge in [0.25, 0.3) is 0 Å². The standard InChI is InChI=1S/C22H20O7/c1-22(2)7-5-12-18(26)17-19(27)14(11-3-4-15(24)16(25)9-11)10-28-21(17)13(6-8-23)20(12)29-22/h3-5,7,9-10,23-26H,6,8H2,1-2H3. The van der Waals surface area contributed by atoms with Gasteiger partial charge >= 0.3 is 0 Å². The fourth-order valence-electron chi connectivity index (χ4n) is 3.49. The zero-order chi connectivity index (χ0) is 20.9. The van der Waals surface area contributed by atoms with Gasteiger partial charge in [0.1, 0.15) is 34.3 Å². The van der Waals surface area contributed by atoms with E-state index in [1.807, 2.05) is 13.8 Å². The molecule has 3 aromatic rings. The van der Waals surface area contributed by atoms with Crippen molar-refractivity contribution in [2.75, 3.05) is 6.61 Å². The molecule has 0 bridgehead atoms. The highest BCUT2D eigenvalue weighted by molar-refractivity contribution is 5.95. The number of ether oxygens (including phenoxy) is 1. The van der Waals surface area contributed by atoms with Crippen LogP contribution < -0.4 is 10.2 Å². The third-order valence-corrected chi connectivity index (χ3v) is 4.94. The Morgan fingerprint density at radius 2 is 1.86 bits per heavy atom. The monoisotopic (exact) mass is 396 g/mol. The molecule has 4 rings (SSSR count). The summed E-state index contributed by atoms with van der Waals surface area (Å²) in [5.41, 5.74) is 0.278. The number of phenolic OH excluding ortho intramolecular Hbond substituents is 3. The SMILES string of the molecule is CC1(C)C=Cc2c(c(CCO)c3occ(-c4ccc(O)c(O)c4)c(=O)c3c2O)O1. The molecule has 0 spiro atoms. The summed E-state index contributed by atoms with van der Waals surface area (Å²) in [5, 5.41) is 39.6. The Bertz CT molecular complexity index is 1220. The van der Waals surface area contributed by atoms with Crippen molar-refractivity contribution in [3.8, 4) is 34.1 Å². The van der Waals surface area contributed by atoms with E-state index in [1.165, 1.54) is 24.5 Å². The number of aliphatic hydroxyl groups excluding tert-OH is 1. The number of rotatable bonds is 3. The van der Waals surface area contributed by atoms with Crippen molar-refractivity contribution in [2.45, 2.75) is 25.9 Å². The lowest BCUT2D eigenvalue weighted by molar-refractivity contribution is 0.155. The fraction of sp³-hybridized carbons (Fsp3) is 0.227. The number of benzene rings is 2. The second-order valence-corrected chi connectivity index (χ2v) is 7.47. The third kappa shape index (κ3) is 3.00. The van der Waals surface area contributed by atoms with Gasteiger partial charge in [0, 0.05) is 18.6 Å². The van der Waals surface area contributed by atoms with E-state index in [9.17, 15) is 25.2 Å². The van der Waals surface area contributed by atoms with Gasteiger partial charge in [-0.25, -0.2) is 0 Å². The molecule has 0 saturated carbocycles. The Balaban J connectivity index is 2.05. The molecule has 4 N–H and O–H groups in total. The summed E-state index contributed by atoms with van der Waals surface area (Å²) in [5.74, 6) is -0.598. The van der Waals surface area contributed by atoms with Crippen molar-refractivity contribution in [3.05, 3.63) is 51.9 Å². The number of aromatic hydroxyl groups is 3. The zero-order valence-corrected chi connectivity index (χ0v) is 15.9. The molecule has 0 radical (unpaired) electrons. The molecule has 150 valence electrons. The highest BCUT2D eigenvalue weighted by Crippen LogP contribution is 2.45. The van der Waals surface area contributed by atoms with Gasteiger partial charge in [0.15, 0.2) is 11.5 Å². The summed E-state index contributed by atoms with van der Waals surface area (Å²) in [6, 6.07) is 3.96. The van der Waals surface area contributed by atoms with Crippen molar-refractivity contribution in [1.29, 1.82) is 0 Å². The molecule has 0 saturated heterocycles. The predicted octanol–water partition coefficient (Wildman–Crippen LogP) is 3.30. The minimum absolute atomic E-state index is 0.0368. The van der Waals surface area contributed by atoms with Crippen molar-refractivity contribution in [1.82, 2.24) is 0 Å². The number of hydrogen-bond donors (Lipinski definition) is 4. The Morgan fingerprint density at radius 1 is 1.10 bits per heavy atom. The average Bonchev–Trinajstić information content (AvgIpc) is 2.66. The Kier molecular flexibility index (Phi) is 4.28. The lowest BCUT2D eigenvalue weighted by Gasteiger charge is -2.30. The van der Waals surface area contributed by atoms with E-state index in [1.54, 1.807) is 12.2 Å². The van der Waals surface area contributed by atoms with Crippen LogP contribution in [0.15, 0.2) is 39.7 Å². The third-order valence-electron chi connectivity index (χ3n) is 4.94. The summed E-state index contributed by atoms with van der Waals surface area (Å²) >= 11 is 0. The van der Waals surface area contributed by atoms with Crippen molar-refractivity contribution in [2.24, 2.45) is 0 Å². The maximum atomic E-state index is 13.2. The molecule has 2 heterocycles. The minimum atomic E-state index is -0.624. The van der Waals surface area contributed by atoms with Gasteiger partial charge in [-0.15, -0.1) is 0 Å². The highest BCUT2D eigenvalue weighted by Gasteiger charge is 2.30. The highest BCUT2D eigenvalue weighted by atomic mass is 16.5.